The standard InChI is InChI=1S/C8H3ClF5NO4S/c9-5-2-1-4(3-6(5)15(16)17)20(18,19)8(13,14)7(10,11)12/h1-3H. The molecule has 0 saturated heterocycles. The molecule has 0 radical (unpaired) electrons. The Balaban J connectivity index is 3.53. The quantitative estimate of drug-likeness (QED) is 0.481. The predicted octanol–water partition coefficient (Wildman–Crippen LogP) is 3.18. The molecule has 0 N–H and O–H groups in total. The van der Waals surface area contributed by atoms with Crippen LogP contribution in [0.3, 0.4) is 0 Å². The summed E-state index contributed by atoms with van der Waals surface area (Å²) in [5.74, 6) is 0. The molecule has 0 heterocycles. The smallest absolute Gasteiger partial charge is 0.258 e. The van der Waals surface area contributed by atoms with Gasteiger partial charge in [0.15, 0.2) is 0 Å². The van der Waals surface area contributed by atoms with E-state index in [1.54, 1.807) is 0 Å². The van der Waals surface area contributed by atoms with Gasteiger partial charge in [0.2, 0.25) is 0 Å². The Morgan fingerprint density at radius 1 is 1.15 bits per heavy atom. The lowest BCUT2D eigenvalue weighted by Crippen LogP contribution is -2.43. The summed E-state index contributed by atoms with van der Waals surface area (Å²) in [5, 5.41) is 3.78. The number of sulfone groups is 1. The number of rotatable bonds is 3. The number of hydrogen-bond donors (Lipinski definition) is 0. The highest BCUT2D eigenvalue weighted by molar-refractivity contribution is 7.92. The van der Waals surface area contributed by atoms with Crippen molar-refractivity contribution in [2.45, 2.75) is 16.3 Å². The van der Waals surface area contributed by atoms with Crippen molar-refractivity contribution in [1.29, 1.82) is 0 Å². The van der Waals surface area contributed by atoms with Gasteiger partial charge in [0.1, 0.15) is 5.02 Å². The molecule has 0 saturated carbocycles. The summed E-state index contributed by atoms with van der Waals surface area (Å²) in [5.41, 5.74) is -1.11. The van der Waals surface area contributed by atoms with Crippen molar-refractivity contribution < 1.29 is 35.3 Å². The minimum Gasteiger partial charge on any atom is -0.258 e. The molecule has 0 amide bonds. The number of nitro groups is 1. The topological polar surface area (TPSA) is 77.3 Å². The SMILES string of the molecule is O=[N+]([O-])c1cc(S(=O)(=O)C(F)(F)C(F)(F)F)ccc1Cl. The van der Waals surface area contributed by atoms with E-state index in [1.807, 2.05) is 0 Å². The van der Waals surface area contributed by atoms with Gasteiger partial charge in [-0.3, -0.25) is 10.1 Å². The summed E-state index contributed by atoms with van der Waals surface area (Å²) in [6.45, 7) is 0. The lowest BCUT2D eigenvalue weighted by Gasteiger charge is -2.19. The molecule has 0 spiro atoms. The van der Waals surface area contributed by atoms with Gasteiger partial charge >= 0.3 is 11.4 Å². The molecule has 0 unspecified atom stereocenters. The summed E-state index contributed by atoms with van der Waals surface area (Å²) >= 11 is 5.30. The van der Waals surface area contributed by atoms with Crippen molar-refractivity contribution in [3.8, 4) is 0 Å². The minimum absolute atomic E-state index is 0.0390. The zero-order chi connectivity index (χ0) is 15.9. The molecule has 0 aliphatic heterocycles. The van der Waals surface area contributed by atoms with Crippen LogP contribution in [-0.4, -0.2) is 24.8 Å². The molecule has 0 fully saturated rings. The van der Waals surface area contributed by atoms with Crippen molar-refractivity contribution in [2.24, 2.45) is 0 Å². The van der Waals surface area contributed by atoms with Crippen LogP contribution in [0.4, 0.5) is 27.6 Å². The Kier molecular flexibility index (Phi) is 3.98. The number of hydrogen-bond acceptors (Lipinski definition) is 4. The molecule has 112 valence electrons. The third-order valence-electron chi connectivity index (χ3n) is 2.09. The van der Waals surface area contributed by atoms with Gasteiger partial charge in [0.05, 0.1) is 9.82 Å². The Labute approximate surface area is 113 Å². The highest BCUT2D eigenvalue weighted by Crippen LogP contribution is 2.43. The number of benzene rings is 1. The van der Waals surface area contributed by atoms with Gasteiger partial charge in [-0.25, -0.2) is 8.42 Å². The zero-order valence-electron chi connectivity index (χ0n) is 8.99. The lowest BCUT2D eigenvalue weighted by atomic mass is 10.3. The molecule has 0 bridgehead atoms. The normalized spacial score (nSPS) is 13.3. The third kappa shape index (κ3) is 2.54. The van der Waals surface area contributed by atoms with Gasteiger partial charge in [-0.05, 0) is 12.1 Å². The average molecular weight is 340 g/mol. The van der Waals surface area contributed by atoms with Crippen molar-refractivity contribution >= 4 is 27.1 Å². The predicted molar refractivity (Wildman–Crippen MR) is 56.3 cm³/mol. The van der Waals surface area contributed by atoms with E-state index >= 15 is 0 Å². The van der Waals surface area contributed by atoms with Crippen LogP contribution in [0.1, 0.15) is 0 Å². The molecule has 1 aromatic rings. The van der Waals surface area contributed by atoms with E-state index in [0.717, 1.165) is 0 Å². The maximum absolute atomic E-state index is 12.9. The van der Waals surface area contributed by atoms with Crippen LogP contribution >= 0.6 is 11.6 Å². The first kappa shape index (κ1) is 16.6. The Morgan fingerprint density at radius 3 is 2.05 bits per heavy atom. The van der Waals surface area contributed by atoms with Crippen LogP contribution in [0.25, 0.3) is 0 Å². The monoisotopic (exact) mass is 339 g/mol. The average Bonchev–Trinajstić information content (AvgIpc) is 2.27. The number of nitrogens with zero attached hydrogens (tertiary/aromatic N) is 1. The van der Waals surface area contributed by atoms with E-state index in [4.69, 9.17) is 11.6 Å². The van der Waals surface area contributed by atoms with Gasteiger partial charge in [0.25, 0.3) is 15.5 Å². The second-order valence-electron chi connectivity index (χ2n) is 3.39. The van der Waals surface area contributed by atoms with Crippen LogP contribution in [0, 0.1) is 10.1 Å². The van der Waals surface area contributed by atoms with Gasteiger partial charge < -0.3 is 0 Å². The first-order chi connectivity index (χ1) is 8.82. The third-order valence-corrected chi connectivity index (χ3v) is 4.19. The fourth-order valence-corrected chi connectivity index (χ4v) is 2.40. The fraction of sp³-hybridized carbons (Fsp3) is 0.250. The van der Waals surface area contributed by atoms with Crippen molar-refractivity contribution in [3.63, 3.8) is 0 Å². The summed E-state index contributed by atoms with van der Waals surface area (Å²) in [4.78, 5) is 7.69. The van der Waals surface area contributed by atoms with E-state index in [0.29, 0.717) is 12.1 Å². The van der Waals surface area contributed by atoms with Gasteiger partial charge in [-0.1, -0.05) is 11.6 Å². The van der Waals surface area contributed by atoms with Gasteiger partial charge in [0, 0.05) is 6.07 Å². The van der Waals surface area contributed by atoms with Crippen LogP contribution < -0.4 is 0 Å². The maximum Gasteiger partial charge on any atom is 0.469 e. The van der Waals surface area contributed by atoms with Gasteiger partial charge in [-0.2, -0.15) is 22.0 Å². The Morgan fingerprint density at radius 2 is 1.65 bits per heavy atom. The second-order valence-corrected chi connectivity index (χ2v) is 5.79. The van der Waals surface area contributed by atoms with E-state index in [1.165, 1.54) is 0 Å². The minimum atomic E-state index is -6.36. The molecule has 0 aliphatic carbocycles. The fourth-order valence-electron chi connectivity index (χ4n) is 1.10. The molecular formula is C8H3ClF5NO4S. The van der Waals surface area contributed by atoms with E-state index in [-0.39, 0.29) is 6.07 Å². The molecule has 0 aliphatic rings. The van der Waals surface area contributed by atoms with Crippen molar-refractivity contribution in [1.82, 2.24) is 0 Å². The van der Waals surface area contributed by atoms with Crippen LogP contribution in [0.2, 0.25) is 5.02 Å². The Hall–Kier alpha value is -1.49. The number of nitro benzene ring substituents is 1. The van der Waals surface area contributed by atoms with Crippen LogP contribution in [-0.2, 0) is 9.84 Å². The molecule has 12 heteroatoms. The van der Waals surface area contributed by atoms with Crippen LogP contribution in [0.15, 0.2) is 23.1 Å². The molecular weight excluding hydrogens is 337 g/mol. The van der Waals surface area contributed by atoms with E-state index < -0.39 is 41.8 Å². The molecule has 5 nitrogen and oxygen atoms in total. The first-order valence-electron chi connectivity index (χ1n) is 4.45. The highest BCUT2D eigenvalue weighted by Gasteiger charge is 2.67. The second kappa shape index (κ2) is 4.81. The maximum atomic E-state index is 12.9. The summed E-state index contributed by atoms with van der Waals surface area (Å²) < 4.78 is 84.5. The van der Waals surface area contributed by atoms with Crippen molar-refractivity contribution in [2.75, 3.05) is 0 Å². The molecule has 1 rings (SSSR count). The highest BCUT2D eigenvalue weighted by atomic mass is 35.5. The molecule has 0 atom stereocenters. The number of alkyl halides is 5. The molecule has 0 aromatic heterocycles. The summed E-state index contributed by atoms with van der Waals surface area (Å²) in [6, 6.07) is 0.903. The molecule has 20 heavy (non-hydrogen) atoms. The van der Waals surface area contributed by atoms with Gasteiger partial charge in [-0.15, -0.1) is 0 Å². The summed E-state index contributed by atoms with van der Waals surface area (Å²) in [6.07, 6.45) is -6.36. The van der Waals surface area contributed by atoms with E-state index in [9.17, 15) is 40.5 Å². The van der Waals surface area contributed by atoms with Crippen molar-refractivity contribution in [3.05, 3.63) is 33.3 Å². The Bertz CT molecular complexity index is 657. The van der Waals surface area contributed by atoms with Crippen LogP contribution in [0.5, 0.6) is 0 Å². The zero-order valence-corrected chi connectivity index (χ0v) is 10.6. The first-order valence-corrected chi connectivity index (χ1v) is 6.31. The van der Waals surface area contributed by atoms with E-state index in [2.05, 4.69) is 0 Å². The lowest BCUT2D eigenvalue weighted by molar-refractivity contribution is -0.384. The number of halogens is 6. The summed E-state index contributed by atoms with van der Waals surface area (Å²) in [7, 11) is -6.19. The largest absolute Gasteiger partial charge is 0.469 e. The molecule has 1 aromatic carbocycles.